The van der Waals surface area contributed by atoms with Gasteiger partial charge in [-0.2, -0.15) is 0 Å². The number of Topliss-reactive ketones (excluding diaryl/α,β-unsaturated/α-hetero) is 1. The first-order valence-electron chi connectivity index (χ1n) is 6.54. The zero-order valence-corrected chi connectivity index (χ0v) is 11.9. The molecule has 0 saturated carbocycles. The molecule has 100 valence electrons. The van der Waals surface area contributed by atoms with E-state index < -0.39 is 11.4 Å². The third kappa shape index (κ3) is 2.70. The summed E-state index contributed by atoms with van der Waals surface area (Å²) < 4.78 is 0. The Bertz CT molecular complexity index is 267. The highest BCUT2D eigenvalue weighted by atomic mass is 16.4. The maximum absolute atomic E-state index is 12.6. The van der Waals surface area contributed by atoms with E-state index in [0.717, 1.165) is 0 Å². The highest BCUT2D eigenvalue weighted by molar-refractivity contribution is 6.04. The molecule has 0 rings (SSSR count). The van der Waals surface area contributed by atoms with Crippen LogP contribution in [0.25, 0.3) is 0 Å². The van der Waals surface area contributed by atoms with Gasteiger partial charge in [-0.25, -0.2) is 0 Å². The van der Waals surface area contributed by atoms with Crippen LogP contribution in [0.2, 0.25) is 0 Å². The van der Waals surface area contributed by atoms with Gasteiger partial charge in [-0.3, -0.25) is 9.59 Å². The molecule has 0 aliphatic carbocycles. The second kappa shape index (κ2) is 6.18. The van der Waals surface area contributed by atoms with Gasteiger partial charge < -0.3 is 5.11 Å². The molecule has 0 radical (unpaired) electrons. The molecule has 0 heterocycles. The predicted octanol–water partition coefficient (Wildman–Crippen LogP) is 3.37. The fourth-order valence-corrected chi connectivity index (χ4v) is 2.83. The number of hydrogen-bond acceptors (Lipinski definition) is 2. The highest BCUT2D eigenvalue weighted by Gasteiger charge is 2.52. The molecule has 0 unspecified atom stereocenters. The molecule has 17 heavy (non-hydrogen) atoms. The van der Waals surface area contributed by atoms with Crippen molar-refractivity contribution in [3.05, 3.63) is 0 Å². The molecule has 3 heteroatoms. The van der Waals surface area contributed by atoms with Crippen LogP contribution in [0.15, 0.2) is 0 Å². The number of aliphatic carboxylic acids is 1. The standard InChI is InChI=1S/C14H26O3/c1-7-11(8-2)12(15)14(9(3)4,10(5)6)13(16)17/h9-11H,7-8H2,1-6H3,(H,16,17). The normalized spacial score (nSPS) is 12.5. The van der Waals surface area contributed by atoms with Gasteiger partial charge in [-0.1, -0.05) is 41.5 Å². The number of carboxylic acids is 1. The average Bonchev–Trinajstić information content (AvgIpc) is 2.18. The average molecular weight is 242 g/mol. The summed E-state index contributed by atoms with van der Waals surface area (Å²) in [6.07, 6.45) is 1.42. The molecule has 0 aromatic rings. The van der Waals surface area contributed by atoms with Crippen molar-refractivity contribution < 1.29 is 14.7 Å². The molecule has 0 bridgehead atoms. The van der Waals surface area contributed by atoms with Crippen LogP contribution in [-0.4, -0.2) is 16.9 Å². The Labute approximate surface area is 105 Å². The van der Waals surface area contributed by atoms with Crippen LogP contribution in [0, 0.1) is 23.2 Å². The van der Waals surface area contributed by atoms with E-state index in [1.165, 1.54) is 0 Å². The number of hydrogen-bond donors (Lipinski definition) is 1. The third-order valence-corrected chi connectivity index (χ3v) is 3.94. The number of carbonyl (C=O) groups excluding carboxylic acids is 1. The van der Waals surface area contributed by atoms with E-state index in [1.54, 1.807) is 0 Å². The number of ketones is 1. The van der Waals surface area contributed by atoms with Crippen LogP contribution in [0.3, 0.4) is 0 Å². The summed E-state index contributed by atoms with van der Waals surface area (Å²) in [6, 6.07) is 0. The predicted molar refractivity (Wildman–Crippen MR) is 68.8 cm³/mol. The summed E-state index contributed by atoms with van der Waals surface area (Å²) >= 11 is 0. The van der Waals surface area contributed by atoms with E-state index in [-0.39, 0.29) is 23.5 Å². The Hall–Kier alpha value is -0.860. The summed E-state index contributed by atoms with van der Waals surface area (Å²) in [5.41, 5.74) is -1.24. The third-order valence-electron chi connectivity index (χ3n) is 3.94. The molecule has 3 nitrogen and oxygen atoms in total. The van der Waals surface area contributed by atoms with Crippen LogP contribution in [0.1, 0.15) is 54.4 Å². The number of rotatable bonds is 7. The summed E-state index contributed by atoms with van der Waals surface area (Å²) in [5.74, 6) is -1.59. The van der Waals surface area contributed by atoms with E-state index in [1.807, 2.05) is 41.5 Å². The SMILES string of the molecule is CCC(CC)C(=O)C(C(=O)O)(C(C)C)C(C)C. The molecule has 0 aliphatic heterocycles. The van der Waals surface area contributed by atoms with Crippen molar-refractivity contribution in [2.24, 2.45) is 23.2 Å². The van der Waals surface area contributed by atoms with Crippen LogP contribution >= 0.6 is 0 Å². The molecule has 0 aromatic carbocycles. The van der Waals surface area contributed by atoms with Gasteiger partial charge in [0.25, 0.3) is 0 Å². The van der Waals surface area contributed by atoms with Crippen LogP contribution in [-0.2, 0) is 9.59 Å². The molecule has 0 saturated heterocycles. The van der Waals surface area contributed by atoms with Crippen LogP contribution in [0.5, 0.6) is 0 Å². The zero-order chi connectivity index (χ0) is 13.8. The van der Waals surface area contributed by atoms with Crippen molar-refractivity contribution in [1.29, 1.82) is 0 Å². The lowest BCUT2D eigenvalue weighted by atomic mass is 9.62. The van der Waals surface area contributed by atoms with E-state index in [4.69, 9.17) is 0 Å². The van der Waals surface area contributed by atoms with E-state index >= 15 is 0 Å². The maximum Gasteiger partial charge on any atom is 0.317 e. The van der Waals surface area contributed by atoms with Crippen molar-refractivity contribution in [3.8, 4) is 0 Å². The Kier molecular flexibility index (Phi) is 5.86. The fraction of sp³-hybridized carbons (Fsp3) is 0.857. The largest absolute Gasteiger partial charge is 0.480 e. The Balaban J connectivity index is 5.60. The van der Waals surface area contributed by atoms with Gasteiger partial charge in [-0.05, 0) is 24.7 Å². The van der Waals surface area contributed by atoms with E-state index in [0.29, 0.717) is 12.8 Å². The second-order valence-corrected chi connectivity index (χ2v) is 5.36. The summed E-state index contributed by atoms with van der Waals surface area (Å²) in [7, 11) is 0. The molecule has 0 aliphatic rings. The number of carbonyl (C=O) groups is 2. The van der Waals surface area contributed by atoms with Gasteiger partial charge in [0.05, 0.1) is 0 Å². The lowest BCUT2D eigenvalue weighted by Gasteiger charge is -2.38. The van der Waals surface area contributed by atoms with Gasteiger partial charge >= 0.3 is 5.97 Å². The first kappa shape index (κ1) is 16.1. The molecular formula is C14H26O3. The first-order valence-corrected chi connectivity index (χ1v) is 6.54. The minimum atomic E-state index is -1.24. The molecule has 0 fully saturated rings. The van der Waals surface area contributed by atoms with Gasteiger partial charge in [0.1, 0.15) is 5.41 Å². The van der Waals surface area contributed by atoms with Crippen LogP contribution < -0.4 is 0 Å². The monoisotopic (exact) mass is 242 g/mol. The molecule has 0 aromatic heterocycles. The topological polar surface area (TPSA) is 54.4 Å². The van der Waals surface area contributed by atoms with Crippen LogP contribution in [0.4, 0.5) is 0 Å². The smallest absolute Gasteiger partial charge is 0.317 e. The fourth-order valence-electron chi connectivity index (χ4n) is 2.83. The maximum atomic E-state index is 12.6. The Morgan fingerprint density at radius 3 is 1.53 bits per heavy atom. The van der Waals surface area contributed by atoms with Crippen molar-refractivity contribution in [1.82, 2.24) is 0 Å². The van der Waals surface area contributed by atoms with E-state index in [9.17, 15) is 14.7 Å². The van der Waals surface area contributed by atoms with Gasteiger partial charge in [-0.15, -0.1) is 0 Å². The van der Waals surface area contributed by atoms with E-state index in [2.05, 4.69) is 0 Å². The first-order chi connectivity index (χ1) is 7.76. The molecular weight excluding hydrogens is 216 g/mol. The lowest BCUT2D eigenvalue weighted by Crippen LogP contribution is -2.50. The second-order valence-electron chi connectivity index (χ2n) is 5.36. The van der Waals surface area contributed by atoms with Crippen molar-refractivity contribution >= 4 is 11.8 Å². The minimum Gasteiger partial charge on any atom is -0.480 e. The summed E-state index contributed by atoms with van der Waals surface area (Å²) in [6.45, 7) is 11.2. The molecule has 0 atom stereocenters. The van der Waals surface area contributed by atoms with Gasteiger partial charge in [0, 0.05) is 5.92 Å². The minimum absolute atomic E-state index is 0.0972. The van der Waals surface area contributed by atoms with Crippen molar-refractivity contribution in [2.75, 3.05) is 0 Å². The Morgan fingerprint density at radius 1 is 1.00 bits per heavy atom. The summed E-state index contributed by atoms with van der Waals surface area (Å²) in [5, 5.41) is 9.55. The zero-order valence-electron chi connectivity index (χ0n) is 11.9. The Morgan fingerprint density at radius 2 is 1.35 bits per heavy atom. The quantitative estimate of drug-likeness (QED) is 0.696. The van der Waals surface area contributed by atoms with Crippen molar-refractivity contribution in [2.45, 2.75) is 54.4 Å². The molecule has 1 N–H and O–H groups in total. The van der Waals surface area contributed by atoms with Crippen molar-refractivity contribution in [3.63, 3.8) is 0 Å². The molecule has 0 amide bonds. The highest BCUT2D eigenvalue weighted by Crippen LogP contribution is 2.40. The molecule has 0 spiro atoms. The van der Waals surface area contributed by atoms with Gasteiger partial charge in [0.2, 0.25) is 0 Å². The number of carboxylic acid groups (broad SMARTS) is 1. The summed E-state index contributed by atoms with van der Waals surface area (Å²) in [4.78, 5) is 24.2. The lowest BCUT2D eigenvalue weighted by molar-refractivity contribution is -0.164. The van der Waals surface area contributed by atoms with Gasteiger partial charge in [0.15, 0.2) is 5.78 Å².